The Morgan fingerprint density at radius 2 is 1.58 bits per heavy atom. The Morgan fingerprint density at radius 1 is 0.885 bits per heavy atom. The highest BCUT2D eigenvalue weighted by molar-refractivity contribution is 7.92. The zero-order valence-electron chi connectivity index (χ0n) is 14.5. The standard InChI is InChI=1S/C20H21N3O2S/c1-16-7-9-18(10-8-16)22-19-11-12-20(21-15-19)23-26(24,25)14-13-17-5-3-2-4-6-17/h2-12,15,22H,13-14H2,1H3,(H,21,23). The van der Waals surface area contributed by atoms with Crippen molar-refractivity contribution in [1.29, 1.82) is 0 Å². The molecule has 0 aliphatic heterocycles. The highest BCUT2D eigenvalue weighted by Crippen LogP contribution is 2.18. The summed E-state index contributed by atoms with van der Waals surface area (Å²) in [7, 11) is -3.44. The third-order valence-corrected chi connectivity index (χ3v) is 5.13. The van der Waals surface area contributed by atoms with Gasteiger partial charge in [-0.3, -0.25) is 4.72 Å². The maximum absolute atomic E-state index is 12.2. The van der Waals surface area contributed by atoms with Crippen LogP contribution in [0.1, 0.15) is 11.1 Å². The summed E-state index contributed by atoms with van der Waals surface area (Å²) in [6.07, 6.45) is 2.07. The van der Waals surface area contributed by atoms with Crippen molar-refractivity contribution in [1.82, 2.24) is 4.98 Å². The summed E-state index contributed by atoms with van der Waals surface area (Å²) < 4.78 is 26.9. The molecule has 134 valence electrons. The molecule has 3 aromatic rings. The van der Waals surface area contributed by atoms with Crippen molar-refractivity contribution in [2.45, 2.75) is 13.3 Å². The largest absolute Gasteiger partial charge is 0.354 e. The minimum absolute atomic E-state index is 0.0159. The zero-order chi connectivity index (χ0) is 18.4. The van der Waals surface area contributed by atoms with Gasteiger partial charge < -0.3 is 5.32 Å². The van der Waals surface area contributed by atoms with Crippen molar-refractivity contribution in [3.8, 4) is 0 Å². The lowest BCUT2D eigenvalue weighted by atomic mass is 10.2. The lowest BCUT2D eigenvalue weighted by molar-refractivity contribution is 0.600. The third-order valence-electron chi connectivity index (χ3n) is 3.87. The van der Waals surface area contributed by atoms with Gasteiger partial charge in [-0.2, -0.15) is 0 Å². The van der Waals surface area contributed by atoms with E-state index in [0.29, 0.717) is 12.2 Å². The van der Waals surface area contributed by atoms with Crippen LogP contribution >= 0.6 is 0 Å². The molecule has 0 saturated carbocycles. The summed E-state index contributed by atoms with van der Waals surface area (Å²) in [5, 5.41) is 3.23. The number of aromatic nitrogens is 1. The van der Waals surface area contributed by atoms with E-state index in [4.69, 9.17) is 0 Å². The van der Waals surface area contributed by atoms with Crippen molar-refractivity contribution in [2.75, 3.05) is 15.8 Å². The van der Waals surface area contributed by atoms with E-state index in [1.807, 2.05) is 61.5 Å². The molecule has 26 heavy (non-hydrogen) atoms. The first-order chi connectivity index (χ1) is 12.5. The van der Waals surface area contributed by atoms with Crippen molar-refractivity contribution in [3.63, 3.8) is 0 Å². The molecular weight excluding hydrogens is 346 g/mol. The van der Waals surface area contributed by atoms with Gasteiger partial charge in [0.15, 0.2) is 0 Å². The fourth-order valence-electron chi connectivity index (χ4n) is 2.44. The predicted molar refractivity (Wildman–Crippen MR) is 106 cm³/mol. The van der Waals surface area contributed by atoms with Crippen LogP contribution in [0, 0.1) is 6.92 Å². The molecule has 0 saturated heterocycles. The molecule has 0 amide bonds. The average Bonchev–Trinajstić information content (AvgIpc) is 2.64. The van der Waals surface area contributed by atoms with Gasteiger partial charge >= 0.3 is 0 Å². The monoisotopic (exact) mass is 367 g/mol. The molecule has 0 aliphatic rings. The third kappa shape index (κ3) is 5.32. The molecule has 0 aliphatic carbocycles. The van der Waals surface area contributed by atoms with Crippen LogP contribution in [-0.4, -0.2) is 19.2 Å². The predicted octanol–water partition coefficient (Wildman–Crippen LogP) is 4.12. The van der Waals surface area contributed by atoms with Crippen molar-refractivity contribution in [3.05, 3.63) is 84.1 Å². The second-order valence-electron chi connectivity index (χ2n) is 6.08. The van der Waals surface area contributed by atoms with Crippen LogP contribution in [0.4, 0.5) is 17.2 Å². The van der Waals surface area contributed by atoms with Gasteiger partial charge in [-0.1, -0.05) is 48.0 Å². The van der Waals surface area contributed by atoms with Crippen LogP contribution in [0.15, 0.2) is 72.9 Å². The van der Waals surface area contributed by atoms with Gasteiger partial charge in [-0.05, 0) is 43.2 Å². The topological polar surface area (TPSA) is 71.1 Å². The van der Waals surface area contributed by atoms with E-state index in [1.165, 1.54) is 5.56 Å². The molecular formula is C20H21N3O2S. The Labute approximate surface area is 154 Å². The van der Waals surface area contributed by atoms with Crippen molar-refractivity contribution in [2.24, 2.45) is 0 Å². The van der Waals surface area contributed by atoms with Gasteiger partial charge in [0.2, 0.25) is 10.0 Å². The van der Waals surface area contributed by atoms with E-state index in [9.17, 15) is 8.42 Å². The Morgan fingerprint density at radius 3 is 2.23 bits per heavy atom. The Hall–Kier alpha value is -2.86. The number of rotatable bonds is 7. The van der Waals surface area contributed by atoms with Crippen molar-refractivity contribution >= 4 is 27.2 Å². The van der Waals surface area contributed by atoms with Gasteiger partial charge in [0.05, 0.1) is 17.6 Å². The summed E-state index contributed by atoms with van der Waals surface area (Å²) in [5.41, 5.74) is 3.92. The summed E-state index contributed by atoms with van der Waals surface area (Å²) >= 11 is 0. The smallest absolute Gasteiger partial charge is 0.234 e. The molecule has 0 radical (unpaired) electrons. The molecule has 2 N–H and O–H groups in total. The van der Waals surface area contributed by atoms with Gasteiger partial charge in [0.1, 0.15) is 5.82 Å². The summed E-state index contributed by atoms with van der Waals surface area (Å²) in [4.78, 5) is 4.18. The number of sulfonamides is 1. The quantitative estimate of drug-likeness (QED) is 0.659. The van der Waals surface area contributed by atoms with Crippen LogP contribution in [0.2, 0.25) is 0 Å². The number of hydrogen-bond donors (Lipinski definition) is 2. The summed E-state index contributed by atoms with van der Waals surface area (Å²) in [6.45, 7) is 2.03. The number of benzene rings is 2. The first kappa shape index (κ1) is 17.9. The van der Waals surface area contributed by atoms with E-state index < -0.39 is 10.0 Å². The maximum Gasteiger partial charge on any atom is 0.234 e. The molecule has 0 spiro atoms. The van der Waals surface area contributed by atoms with Crippen LogP contribution in [-0.2, 0) is 16.4 Å². The molecule has 0 atom stereocenters. The highest BCUT2D eigenvalue weighted by atomic mass is 32.2. The molecule has 3 rings (SSSR count). The number of aryl methyl sites for hydroxylation is 2. The molecule has 2 aromatic carbocycles. The van der Waals surface area contributed by atoms with Gasteiger partial charge in [-0.25, -0.2) is 13.4 Å². The number of pyridine rings is 1. The lowest BCUT2D eigenvalue weighted by Crippen LogP contribution is -2.18. The number of nitrogens with one attached hydrogen (secondary N) is 2. The fraction of sp³-hybridized carbons (Fsp3) is 0.150. The Kier molecular flexibility index (Phi) is 5.53. The van der Waals surface area contributed by atoms with E-state index in [-0.39, 0.29) is 5.75 Å². The number of anilines is 3. The molecule has 1 aromatic heterocycles. The average molecular weight is 367 g/mol. The van der Waals surface area contributed by atoms with Crippen LogP contribution in [0.5, 0.6) is 0 Å². The van der Waals surface area contributed by atoms with E-state index in [1.54, 1.807) is 18.3 Å². The second kappa shape index (κ2) is 8.01. The summed E-state index contributed by atoms with van der Waals surface area (Å²) in [5.74, 6) is 0.328. The minimum atomic E-state index is -3.44. The van der Waals surface area contributed by atoms with Gasteiger partial charge in [0.25, 0.3) is 0 Å². The molecule has 0 fully saturated rings. The Balaban J connectivity index is 1.58. The second-order valence-corrected chi connectivity index (χ2v) is 7.92. The summed E-state index contributed by atoms with van der Waals surface area (Å²) in [6, 6.07) is 21.0. The van der Waals surface area contributed by atoms with E-state index in [0.717, 1.165) is 16.9 Å². The molecule has 1 heterocycles. The SMILES string of the molecule is Cc1ccc(Nc2ccc(NS(=O)(=O)CCc3ccccc3)nc2)cc1. The Bertz CT molecular complexity index is 939. The number of nitrogens with zero attached hydrogens (tertiary/aromatic N) is 1. The van der Waals surface area contributed by atoms with E-state index in [2.05, 4.69) is 15.0 Å². The van der Waals surface area contributed by atoms with Crippen molar-refractivity contribution < 1.29 is 8.42 Å². The van der Waals surface area contributed by atoms with Crippen LogP contribution in [0.3, 0.4) is 0 Å². The van der Waals surface area contributed by atoms with Gasteiger partial charge in [-0.15, -0.1) is 0 Å². The van der Waals surface area contributed by atoms with Crippen LogP contribution < -0.4 is 10.0 Å². The molecule has 0 bridgehead atoms. The van der Waals surface area contributed by atoms with E-state index >= 15 is 0 Å². The first-order valence-electron chi connectivity index (χ1n) is 8.34. The maximum atomic E-state index is 12.2. The normalized spacial score (nSPS) is 11.1. The van der Waals surface area contributed by atoms with Crippen LogP contribution in [0.25, 0.3) is 0 Å². The molecule has 6 heteroatoms. The first-order valence-corrected chi connectivity index (χ1v) is 10.00. The highest BCUT2D eigenvalue weighted by Gasteiger charge is 2.11. The van der Waals surface area contributed by atoms with Gasteiger partial charge in [0, 0.05) is 5.69 Å². The molecule has 5 nitrogen and oxygen atoms in total. The minimum Gasteiger partial charge on any atom is -0.354 e. The number of hydrogen-bond acceptors (Lipinski definition) is 4. The lowest BCUT2D eigenvalue weighted by Gasteiger charge is -2.09. The fourth-order valence-corrected chi connectivity index (χ4v) is 3.48. The molecule has 0 unspecified atom stereocenters. The zero-order valence-corrected chi connectivity index (χ0v) is 15.3.